The number of nitrogens with zero attached hydrogens (tertiary/aromatic N) is 2. The normalized spacial score (nSPS) is 10.7. The van der Waals surface area contributed by atoms with Gasteiger partial charge < -0.3 is 9.72 Å². The molecule has 5 heteroatoms. The van der Waals surface area contributed by atoms with Crippen molar-refractivity contribution >= 4 is 11.0 Å². The molecule has 0 fully saturated rings. The maximum Gasteiger partial charge on any atom is 0.277 e. The third-order valence-electron chi connectivity index (χ3n) is 3.18. The Balaban J connectivity index is 2.17. The molecule has 0 atom stereocenters. The molecule has 5 nitrogen and oxygen atoms in total. The molecule has 3 rings (SSSR count). The highest BCUT2D eigenvalue weighted by Crippen LogP contribution is 2.25. The van der Waals surface area contributed by atoms with Gasteiger partial charge in [-0.05, 0) is 42.8 Å². The lowest BCUT2D eigenvalue weighted by atomic mass is 10.1. The molecule has 0 saturated carbocycles. The number of aromatic nitrogens is 3. The van der Waals surface area contributed by atoms with E-state index in [0.717, 1.165) is 22.6 Å². The van der Waals surface area contributed by atoms with Crippen molar-refractivity contribution in [2.75, 3.05) is 7.11 Å². The van der Waals surface area contributed by atoms with E-state index in [4.69, 9.17) is 4.74 Å². The van der Waals surface area contributed by atoms with E-state index in [9.17, 15) is 4.79 Å². The Labute approximate surface area is 115 Å². The van der Waals surface area contributed by atoms with Crippen LogP contribution in [0.25, 0.3) is 22.3 Å². The van der Waals surface area contributed by atoms with Gasteiger partial charge in [-0.1, -0.05) is 0 Å². The molecule has 1 aromatic carbocycles. The molecule has 0 aliphatic rings. The van der Waals surface area contributed by atoms with Crippen LogP contribution in [0.2, 0.25) is 0 Å². The minimum absolute atomic E-state index is 0.234. The molecule has 0 aliphatic carbocycles. The van der Waals surface area contributed by atoms with Crippen molar-refractivity contribution in [2.24, 2.45) is 0 Å². The average Bonchev–Trinajstić information content (AvgIpc) is 2.47. The number of aryl methyl sites for hydroxylation is 1. The summed E-state index contributed by atoms with van der Waals surface area (Å²) in [4.78, 5) is 22.8. The van der Waals surface area contributed by atoms with Gasteiger partial charge in [0.1, 0.15) is 5.75 Å². The molecular formula is C15H13N3O2. The number of benzene rings is 1. The highest BCUT2D eigenvalue weighted by Gasteiger charge is 2.07. The molecule has 20 heavy (non-hydrogen) atoms. The average molecular weight is 267 g/mol. The van der Waals surface area contributed by atoms with Gasteiger partial charge >= 0.3 is 0 Å². The van der Waals surface area contributed by atoms with Gasteiger partial charge in [-0.25, -0.2) is 9.97 Å². The predicted molar refractivity (Wildman–Crippen MR) is 76.9 cm³/mol. The highest BCUT2D eigenvalue weighted by atomic mass is 16.5. The number of hydrogen-bond acceptors (Lipinski definition) is 4. The lowest BCUT2D eigenvalue weighted by molar-refractivity contribution is 0.412. The van der Waals surface area contributed by atoms with Crippen molar-refractivity contribution in [3.05, 3.63) is 52.6 Å². The van der Waals surface area contributed by atoms with Crippen LogP contribution in [0.15, 0.2) is 41.5 Å². The molecule has 1 N–H and O–H groups in total. The van der Waals surface area contributed by atoms with Gasteiger partial charge in [-0.3, -0.25) is 4.79 Å². The Bertz CT molecular complexity index is 840. The number of fused-ring (bicyclic) bond motifs is 1. The minimum Gasteiger partial charge on any atom is -0.496 e. The van der Waals surface area contributed by atoms with Gasteiger partial charge in [0.05, 0.1) is 24.6 Å². The van der Waals surface area contributed by atoms with E-state index >= 15 is 0 Å². The van der Waals surface area contributed by atoms with Crippen LogP contribution < -0.4 is 10.3 Å². The topological polar surface area (TPSA) is 67.9 Å². The monoisotopic (exact) mass is 267 g/mol. The van der Waals surface area contributed by atoms with Gasteiger partial charge in [0, 0.05) is 5.56 Å². The van der Waals surface area contributed by atoms with E-state index in [2.05, 4.69) is 15.0 Å². The van der Waals surface area contributed by atoms with Gasteiger partial charge in [0.15, 0.2) is 5.52 Å². The predicted octanol–water partition coefficient (Wildman–Crippen LogP) is 2.30. The lowest BCUT2D eigenvalue weighted by Crippen LogP contribution is -2.08. The van der Waals surface area contributed by atoms with Gasteiger partial charge in [0.25, 0.3) is 5.56 Å². The number of ether oxygens (including phenoxy) is 1. The molecule has 0 spiro atoms. The van der Waals surface area contributed by atoms with Crippen molar-refractivity contribution in [3.63, 3.8) is 0 Å². The summed E-state index contributed by atoms with van der Waals surface area (Å²) >= 11 is 0. The smallest absolute Gasteiger partial charge is 0.277 e. The fourth-order valence-electron chi connectivity index (χ4n) is 2.15. The minimum atomic E-state index is -0.234. The number of hydrogen-bond donors (Lipinski definition) is 1. The first-order valence-corrected chi connectivity index (χ1v) is 6.18. The number of methoxy groups -OCH3 is 1. The van der Waals surface area contributed by atoms with Gasteiger partial charge in [0.2, 0.25) is 0 Å². The first kappa shape index (κ1) is 12.3. The number of rotatable bonds is 2. The van der Waals surface area contributed by atoms with E-state index in [0.29, 0.717) is 11.0 Å². The molecular weight excluding hydrogens is 254 g/mol. The fraction of sp³-hybridized carbons (Fsp3) is 0.133. The first-order valence-electron chi connectivity index (χ1n) is 6.18. The van der Waals surface area contributed by atoms with Crippen LogP contribution in [-0.4, -0.2) is 22.1 Å². The fourth-order valence-corrected chi connectivity index (χ4v) is 2.15. The quantitative estimate of drug-likeness (QED) is 0.773. The summed E-state index contributed by atoms with van der Waals surface area (Å²) in [6.45, 7) is 1.97. The Hall–Kier alpha value is -2.69. The molecule has 0 saturated heterocycles. The highest BCUT2D eigenvalue weighted by molar-refractivity contribution is 5.77. The lowest BCUT2D eigenvalue weighted by Gasteiger charge is -2.07. The Morgan fingerprint density at radius 1 is 1.20 bits per heavy atom. The molecule has 2 heterocycles. The number of aromatic amines is 1. The van der Waals surface area contributed by atoms with E-state index < -0.39 is 0 Å². The summed E-state index contributed by atoms with van der Waals surface area (Å²) in [6, 6.07) is 9.45. The van der Waals surface area contributed by atoms with Crippen LogP contribution in [-0.2, 0) is 0 Å². The van der Waals surface area contributed by atoms with Crippen LogP contribution in [0.5, 0.6) is 5.75 Å². The van der Waals surface area contributed by atoms with Crippen LogP contribution in [0.3, 0.4) is 0 Å². The summed E-state index contributed by atoms with van der Waals surface area (Å²) in [5.41, 5.74) is 3.39. The van der Waals surface area contributed by atoms with E-state index in [1.165, 1.54) is 6.33 Å². The zero-order valence-electron chi connectivity index (χ0n) is 11.2. The largest absolute Gasteiger partial charge is 0.496 e. The van der Waals surface area contributed by atoms with E-state index in [-0.39, 0.29) is 5.56 Å². The summed E-state index contributed by atoms with van der Waals surface area (Å²) < 4.78 is 5.24. The number of pyridine rings is 1. The zero-order chi connectivity index (χ0) is 14.1. The standard InChI is InChI=1S/C15H13N3O2/c1-9-7-10(3-6-13(9)20-2)11-4-5-12-14(18-11)15(19)17-8-16-12/h3-8H,1-2H3,(H,16,17,19). The Morgan fingerprint density at radius 2 is 2.05 bits per heavy atom. The molecule has 0 radical (unpaired) electrons. The maximum absolute atomic E-state index is 11.8. The molecule has 0 bridgehead atoms. The van der Waals surface area contributed by atoms with Crippen LogP contribution in [0.1, 0.15) is 5.56 Å². The third kappa shape index (κ3) is 2.03. The molecule has 0 amide bonds. The molecule has 3 aromatic rings. The maximum atomic E-state index is 11.8. The summed E-state index contributed by atoms with van der Waals surface area (Å²) in [7, 11) is 1.64. The second-order valence-corrected chi connectivity index (χ2v) is 4.48. The SMILES string of the molecule is COc1ccc(-c2ccc3nc[nH]c(=O)c3n2)cc1C. The van der Waals surface area contributed by atoms with Crippen LogP contribution in [0.4, 0.5) is 0 Å². The second-order valence-electron chi connectivity index (χ2n) is 4.48. The number of nitrogens with one attached hydrogen (secondary N) is 1. The molecule has 0 aliphatic heterocycles. The molecule has 0 unspecified atom stereocenters. The van der Waals surface area contributed by atoms with Crippen molar-refractivity contribution in [3.8, 4) is 17.0 Å². The second kappa shape index (κ2) is 4.77. The van der Waals surface area contributed by atoms with Crippen LogP contribution >= 0.6 is 0 Å². The van der Waals surface area contributed by atoms with Crippen LogP contribution in [0, 0.1) is 6.92 Å². The third-order valence-corrected chi connectivity index (χ3v) is 3.18. The first-order chi connectivity index (χ1) is 9.69. The van der Waals surface area contributed by atoms with E-state index in [1.807, 2.05) is 31.2 Å². The number of H-pyrrole nitrogens is 1. The zero-order valence-corrected chi connectivity index (χ0v) is 11.2. The summed E-state index contributed by atoms with van der Waals surface area (Å²) in [5, 5.41) is 0. The van der Waals surface area contributed by atoms with Crippen molar-refractivity contribution < 1.29 is 4.74 Å². The van der Waals surface area contributed by atoms with Crippen molar-refractivity contribution in [1.29, 1.82) is 0 Å². The van der Waals surface area contributed by atoms with E-state index in [1.54, 1.807) is 13.2 Å². The van der Waals surface area contributed by atoms with Gasteiger partial charge in [-0.2, -0.15) is 0 Å². The van der Waals surface area contributed by atoms with Crippen molar-refractivity contribution in [2.45, 2.75) is 6.92 Å². The van der Waals surface area contributed by atoms with Gasteiger partial charge in [-0.15, -0.1) is 0 Å². The summed E-state index contributed by atoms with van der Waals surface area (Å²) in [5.74, 6) is 0.828. The summed E-state index contributed by atoms with van der Waals surface area (Å²) in [6.07, 6.45) is 1.38. The Morgan fingerprint density at radius 3 is 2.80 bits per heavy atom. The molecule has 2 aromatic heterocycles. The molecule has 100 valence electrons. The van der Waals surface area contributed by atoms with Crippen molar-refractivity contribution in [1.82, 2.24) is 15.0 Å². The Kier molecular flexibility index (Phi) is 2.95.